The molecule has 0 fully saturated rings. The van der Waals surface area contributed by atoms with Gasteiger partial charge >= 0.3 is 0 Å². The number of thiocarbonyl (C=S) groups is 1. The van der Waals surface area contributed by atoms with Gasteiger partial charge in [-0.25, -0.2) is 0 Å². The molecule has 0 aliphatic heterocycles. The first-order valence-corrected chi connectivity index (χ1v) is 11.1. The van der Waals surface area contributed by atoms with Gasteiger partial charge in [-0.2, -0.15) is 4.57 Å². The topological polar surface area (TPSA) is 39.0 Å². The standard InChI is InChI=1S/C24H21Cl3N2OS/c1-24(2,3)15-10-12-29(13-11-15)21(22(30)19-14-17(26)6-9-20(19)27)23(31)28-18-7-4-16(25)5-8-18/h4-14H,1-3H3,(H-,28,30,31). The summed E-state index contributed by atoms with van der Waals surface area (Å²) in [6.45, 7) is 6.38. The van der Waals surface area contributed by atoms with Crippen molar-refractivity contribution >= 4 is 69.2 Å². The van der Waals surface area contributed by atoms with Crippen molar-refractivity contribution in [3.8, 4) is 0 Å². The third-order valence-corrected chi connectivity index (χ3v) is 5.77. The molecule has 0 atom stereocenters. The zero-order valence-electron chi connectivity index (χ0n) is 17.2. The van der Waals surface area contributed by atoms with Crippen LogP contribution in [0.4, 0.5) is 5.69 Å². The maximum absolute atomic E-state index is 13.5. The summed E-state index contributed by atoms with van der Waals surface area (Å²) < 4.78 is 1.69. The number of hydrogen-bond acceptors (Lipinski definition) is 2. The number of nitrogens with zero attached hydrogens (tertiary/aromatic N) is 1. The molecular formula is C24H21Cl3N2OS. The molecule has 0 unspecified atom stereocenters. The van der Waals surface area contributed by atoms with Crippen LogP contribution in [-0.2, 0) is 5.41 Å². The normalized spacial score (nSPS) is 12.3. The summed E-state index contributed by atoms with van der Waals surface area (Å²) in [5, 5.41) is 18.0. The Bertz CT molecular complexity index is 1130. The lowest BCUT2D eigenvalue weighted by Gasteiger charge is -2.20. The Morgan fingerprint density at radius 3 is 2.06 bits per heavy atom. The summed E-state index contributed by atoms with van der Waals surface area (Å²) in [4.78, 5) is 0.247. The molecule has 3 aromatic rings. The number of nitrogens with one attached hydrogen (secondary N) is 1. The van der Waals surface area contributed by atoms with Crippen LogP contribution in [0.3, 0.4) is 0 Å². The number of halogens is 3. The Morgan fingerprint density at radius 2 is 1.48 bits per heavy atom. The lowest BCUT2D eigenvalue weighted by Crippen LogP contribution is -2.40. The van der Waals surface area contributed by atoms with E-state index in [1.54, 1.807) is 47.0 Å². The van der Waals surface area contributed by atoms with Crippen LogP contribution in [0, 0.1) is 0 Å². The molecule has 7 heteroatoms. The largest absolute Gasteiger partial charge is 0.867 e. The first-order valence-electron chi connectivity index (χ1n) is 9.52. The summed E-state index contributed by atoms with van der Waals surface area (Å²) >= 11 is 24.0. The number of rotatable bonds is 4. The number of pyridine rings is 1. The molecule has 1 heterocycles. The fourth-order valence-corrected chi connectivity index (χ4v) is 3.75. The molecule has 1 aromatic heterocycles. The van der Waals surface area contributed by atoms with Gasteiger partial charge in [0, 0.05) is 32.9 Å². The number of benzene rings is 2. The van der Waals surface area contributed by atoms with Crippen molar-refractivity contribution in [2.75, 3.05) is 5.32 Å². The van der Waals surface area contributed by atoms with Crippen LogP contribution in [-0.4, -0.2) is 4.99 Å². The molecule has 0 saturated carbocycles. The van der Waals surface area contributed by atoms with Gasteiger partial charge in [-0.1, -0.05) is 67.8 Å². The number of aromatic nitrogens is 1. The predicted octanol–water partition coefficient (Wildman–Crippen LogP) is 6.36. The highest BCUT2D eigenvalue weighted by Gasteiger charge is 2.22. The molecule has 0 aliphatic carbocycles. The molecule has 2 aromatic carbocycles. The highest BCUT2D eigenvalue weighted by molar-refractivity contribution is 7.81. The molecule has 0 spiro atoms. The van der Waals surface area contributed by atoms with Crippen LogP contribution in [0.2, 0.25) is 15.1 Å². The van der Waals surface area contributed by atoms with Gasteiger partial charge in [0.1, 0.15) is 0 Å². The van der Waals surface area contributed by atoms with E-state index in [0.29, 0.717) is 20.8 Å². The van der Waals surface area contributed by atoms with Crippen LogP contribution >= 0.6 is 47.0 Å². The summed E-state index contributed by atoms with van der Waals surface area (Å²) in [5.41, 5.74) is 2.35. The number of hydrogen-bond donors (Lipinski definition) is 1. The van der Waals surface area contributed by atoms with E-state index >= 15 is 0 Å². The van der Waals surface area contributed by atoms with Crippen LogP contribution in [0.1, 0.15) is 31.9 Å². The molecule has 3 nitrogen and oxygen atoms in total. The molecule has 160 valence electrons. The lowest BCUT2D eigenvalue weighted by molar-refractivity contribution is -0.577. The minimum atomic E-state index is -0.340. The van der Waals surface area contributed by atoms with Crippen molar-refractivity contribution in [3.05, 3.63) is 93.2 Å². The Hall–Kier alpha value is -2.11. The molecule has 0 radical (unpaired) electrons. The van der Waals surface area contributed by atoms with E-state index in [1.165, 1.54) is 0 Å². The molecule has 0 bridgehead atoms. The maximum atomic E-state index is 13.5. The van der Waals surface area contributed by atoms with Crippen LogP contribution in [0.15, 0.2) is 67.0 Å². The zero-order chi connectivity index (χ0) is 22.8. The summed E-state index contributed by atoms with van der Waals surface area (Å²) in [6.07, 6.45) is 3.64. The Kier molecular flexibility index (Phi) is 7.28. The highest BCUT2D eigenvalue weighted by atomic mass is 35.5. The smallest absolute Gasteiger partial charge is 0.238 e. The first kappa shape index (κ1) is 23.6. The second kappa shape index (κ2) is 9.58. The van der Waals surface area contributed by atoms with Gasteiger partial charge in [-0.3, -0.25) is 0 Å². The second-order valence-electron chi connectivity index (χ2n) is 8.01. The first-order chi connectivity index (χ1) is 14.6. The minimum Gasteiger partial charge on any atom is -0.867 e. The van der Waals surface area contributed by atoms with E-state index in [1.807, 2.05) is 24.5 Å². The van der Waals surface area contributed by atoms with E-state index in [4.69, 9.17) is 47.0 Å². The average molecular weight is 492 g/mol. The summed E-state index contributed by atoms with van der Waals surface area (Å²) in [6, 6.07) is 15.8. The third-order valence-electron chi connectivity index (χ3n) is 4.66. The fraction of sp³-hybridized carbons (Fsp3) is 0.167. The minimum absolute atomic E-state index is 0.0262. The van der Waals surface area contributed by atoms with Crippen molar-refractivity contribution in [1.82, 2.24) is 0 Å². The molecular weight excluding hydrogens is 471 g/mol. The SMILES string of the molecule is CC(C)(C)c1cc[n+](C(C(=S)Nc2ccc(Cl)cc2)=C([O-])c2cc(Cl)ccc2Cl)cc1. The predicted molar refractivity (Wildman–Crippen MR) is 133 cm³/mol. The number of anilines is 1. The van der Waals surface area contributed by atoms with Gasteiger partial charge in [0.15, 0.2) is 17.4 Å². The van der Waals surface area contributed by atoms with Gasteiger partial charge in [-0.15, -0.1) is 0 Å². The van der Waals surface area contributed by atoms with Crippen molar-refractivity contribution < 1.29 is 9.67 Å². The van der Waals surface area contributed by atoms with E-state index < -0.39 is 0 Å². The molecule has 0 saturated heterocycles. The quantitative estimate of drug-likeness (QED) is 0.200. The molecule has 0 aliphatic rings. The Morgan fingerprint density at radius 1 is 0.903 bits per heavy atom. The Labute approximate surface area is 202 Å². The van der Waals surface area contributed by atoms with E-state index in [2.05, 4.69) is 26.1 Å². The van der Waals surface area contributed by atoms with Gasteiger partial charge < -0.3 is 10.4 Å². The van der Waals surface area contributed by atoms with E-state index in [-0.39, 0.29) is 27.4 Å². The summed E-state index contributed by atoms with van der Waals surface area (Å²) in [5.74, 6) is -0.340. The highest BCUT2D eigenvalue weighted by Crippen LogP contribution is 2.27. The Balaban J connectivity index is 2.12. The van der Waals surface area contributed by atoms with E-state index in [0.717, 1.165) is 5.56 Å². The molecule has 0 amide bonds. The van der Waals surface area contributed by atoms with Crippen molar-refractivity contribution in [2.24, 2.45) is 0 Å². The molecule has 1 N–H and O–H groups in total. The summed E-state index contributed by atoms with van der Waals surface area (Å²) in [7, 11) is 0. The van der Waals surface area contributed by atoms with Crippen molar-refractivity contribution in [1.29, 1.82) is 0 Å². The average Bonchev–Trinajstić information content (AvgIpc) is 2.71. The van der Waals surface area contributed by atoms with Gasteiger partial charge in [0.2, 0.25) is 5.70 Å². The van der Waals surface area contributed by atoms with Gasteiger partial charge in [0.25, 0.3) is 0 Å². The lowest BCUT2D eigenvalue weighted by atomic mass is 9.88. The van der Waals surface area contributed by atoms with Gasteiger partial charge in [0.05, 0.1) is 0 Å². The fourth-order valence-electron chi connectivity index (χ4n) is 2.94. The monoisotopic (exact) mass is 490 g/mol. The second-order valence-corrected chi connectivity index (χ2v) is 9.70. The third kappa shape index (κ3) is 5.78. The van der Waals surface area contributed by atoms with Crippen molar-refractivity contribution in [2.45, 2.75) is 26.2 Å². The maximum Gasteiger partial charge on any atom is 0.238 e. The molecule has 31 heavy (non-hydrogen) atoms. The van der Waals surface area contributed by atoms with E-state index in [9.17, 15) is 5.11 Å². The van der Waals surface area contributed by atoms with Crippen molar-refractivity contribution in [3.63, 3.8) is 0 Å². The van der Waals surface area contributed by atoms with Crippen LogP contribution in [0.5, 0.6) is 0 Å². The van der Waals surface area contributed by atoms with Crippen LogP contribution in [0.25, 0.3) is 11.5 Å². The zero-order valence-corrected chi connectivity index (χ0v) is 20.3. The van der Waals surface area contributed by atoms with Crippen LogP contribution < -0.4 is 15.0 Å². The van der Waals surface area contributed by atoms with Gasteiger partial charge in [-0.05, 0) is 64.8 Å². The molecule has 3 rings (SSSR count).